The van der Waals surface area contributed by atoms with Crippen LogP contribution in [0, 0.1) is 17.6 Å². The van der Waals surface area contributed by atoms with E-state index < -0.39 is 11.6 Å². The quantitative estimate of drug-likeness (QED) is 0.629. The van der Waals surface area contributed by atoms with Gasteiger partial charge in [0.15, 0.2) is 11.6 Å². The van der Waals surface area contributed by atoms with Gasteiger partial charge >= 0.3 is 0 Å². The zero-order valence-electron chi connectivity index (χ0n) is 11.2. The summed E-state index contributed by atoms with van der Waals surface area (Å²) in [7, 11) is 0. The number of hydrogen-bond acceptors (Lipinski definition) is 0. The summed E-state index contributed by atoms with van der Waals surface area (Å²) in [5.74, 6) is -0.744. The Bertz CT molecular complexity index is 400. The lowest BCUT2D eigenvalue weighted by molar-refractivity contribution is 0.330. The Labute approximate surface area is 119 Å². The first-order valence-electron chi connectivity index (χ1n) is 7.23. The summed E-state index contributed by atoms with van der Waals surface area (Å²) in [6.45, 7) is 0. The van der Waals surface area contributed by atoms with Crippen molar-refractivity contribution in [1.29, 1.82) is 0 Å². The second-order valence-corrected chi connectivity index (χ2v) is 6.21. The second-order valence-electron chi connectivity index (χ2n) is 5.60. The van der Waals surface area contributed by atoms with Gasteiger partial charge in [-0.1, -0.05) is 44.2 Å². The van der Waals surface area contributed by atoms with Crippen LogP contribution in [0.25, 0.3) is 0 Å². The highest BCUT2D eigenvalue weighted by atomic mass is 35.5. The molecule has 2 rings (SSSR count). The Morgan fingerprint density at radius 1 is 1.16 bits per heavy atom. The van der Waals surface area contributed by atoms with Crippen LogP contribution in [0.3, 0.4) is 0 Å². The van der Waals surface area contributed by atoms with Crippen molar-refractivity contribution in [1.82, 2.24) is 0 Å². The van der Waals surface area contributed by atoms with Crippen LogP contribution in [-0.4, -0.2) is 5.38 Å². The molecule has 0 heterocycles. The third-order valence-electron chi connectivity index (χ3n) is 4.09. The summed E-state index contributed by atoms with van der Waals surface area (Å²) in [6.07, 6.45) is 9.04. The van der Waals surface area contributed by atoms with Crippen molar-refractivity contribution in [3.05, 3.63) is 35.4 Å². The Kier molecular flexibility index (Phi) is 5.62. The van der Waals surface area contributed by atoms with Gasteiger partial charge in [0.05, 0.1) is 0 Å². The van der Waals surface area contributed by atoms with E-state index in [9.17, 15) is 8.78 Å². The van der Waals surface area contributed by atoms with Gasteiger partial charge in [-0.3, -0.25) is 0 Å². The van der Waals surface area contributed by atoms with E-state index in [4.69, 9.17) is 11.6 Å². The lowest BCUT2D eigenvalue weighted by Gasteiger charge is -2.22. The maximum atomic E-state index is 13.5. The van der Waals surface area contributed by atoms with E-state index in [0.29, 0.717) is 12.0 Å². The van der Waals surface area contributed by atoms with Crippen LogP contribution < -0.4 is 0 Å². The van der Waals surface area contributed by atoms with E-state index in [1.54, 1.807) is 12.1 Å². The van der Waals surface area contributed by atoms with Gasteiger partial charge in [-0.05, 0) is 36.8 Å². The minimum Gasteiger partial charge on any atom is -0.204 e. The predicted molar refractivity (Wildman–Crippen MR) is 75.5 cm³/mol. The van der Waals surface area contributed by atoms with Gasteiger partial charge in [0.25, 0.3) is 0 Å². The van der Waals surface area contributed by atoms with Gasteiger partial charge in [0, 0.05) is 5.38 Å². The van der Waals surface area contributed by atoms with Gasteiger partial charge in [0.2, 0.25) is 0 Å². The van der Waals surface area contributed by atoms with E-state index in [0.717, 1.165) is 24.8 Å². The third kappa shape index (κ3) is 4.45. The van der Waals surface area contributed by atoms with Crippen LogP contribution in [0.15, 0.2) is 18.2 Å². The molecule has 1 aliphatic carbocycles. The normalized spacial score (nSPS) is 18.5. The minimum atomic E-state index is -0.784. The van der Waals surface area contributed by atoms with Crippen molar-refractivity contribution in [3.8, 4) is 0 Å². The van der Waals surface area contributed by atoms with Crippen LogP contribution in [-0.2, 0) is 6.42 Å². The number of halogens is 3. The predicted octanol–water partition coefficient (Wildman–Crippen LogP) is 5.48. The van der Waals surface area contributed by atoms with Gasteiger partial charge < -0.3 is 0 Å². The molecule has 1 saturated carbocycles. The van der Waals surface area contributed by atoms with Crippen molar-refractivity contribution in [2.75, 3.05) is 0 Å². The van der Waals surface area contributed by atoms with Gasteiger partial charge in [-0.25, -0.2) is 8.78 Å². The van der Waals surface area contributed by atoms with E-state index in [2.05, 4.69) is 0 Å². The molecule has 0 aliphatic heterocycles. The molecule has 0 bridgehead atoms. The fraction of sp³-hybridized carbons (Fsp3) is 0.625. The topological polar surface area (TPSA) is 0 Å². The lowest BCUT2D eigenvalue weighted by atomic mass is 9.85. The fourth-order valence-corrected chi connectivity index (χ4v) is 3.23. The van der Waals surface area contributed by atoms with Crippen LogP contribution in [0.2, 0.25) is 0 Å². The standard InChI is InChI=1S/C16H21ClF2/c17-14(10-9-12-5-2-1-3-6-12)11-13-7-4-8-15(18)16(13)19/h4,7-8,12,14H,1-3,5-6,9-11H2. The summed E-state index contributed by atoms with van der Waals surface area (Å²) in [5, 5.41) is -0.0989. The maximum absolute atomic E-state index is 13.5. The second kappa shape index (κ2) is 7.23. The molecule has 1 unspecified atom stereocenters. The Morgan fingerprint density at radius 3 is 2.63 bits per heavy atom. The smallest absolute Gasteiger partial charge is 0.162 e. The number of rotatable bonds is 5. The van der Waals surface area contributed by atoms with Gasteiger partial charge in [0.1, 0.15) is 0 Å². The molecule has 1 aromatic carbocycles. The number of alkyl halides is 1. The highest BCUT2D eigenvalue weighted by molar-refractivity contribution is 6.20. The largest absolute Gasteiger partial charge is 0.204 e. The maximum Gasteiger partial charge on any atom is 0.162 e. The Balaban J connectivity index is 1.80. The molecule has 0 N–H and O–H groups in total. The van der Waals surface area contributed by atoms with Crippen LogP contribution in [0.1, 0.15) is 50.5 Å². The summed E-state index contributed by atoms with van der Waals surface area (Å²) < 4.78 is 26.6. The molecule has 0 aromatic heterocycles. The molecule has 3 heteroatoms. The molecule has 0 saturated heterocycles. The van der Waals surface area contributed by atoms with Crippen LogP contribution in [0.5, 0.6) is 0 Å². The van der Waals surface area contributed by atoms with Crippen molar-refractivity contribution in [3.63, 3.8) is 0 Å². The van der Waals surface area contributed by atoms with Crippen LogP contribution in [0.4, 0.5) is 8.78 Å². The first-order chi connectivity index (χ1) is 9.16. The molecule has 1 aromatic rings. The number of hydrogen-bond donors (Lipinski definition) is 0. The average molecular weight is 287 g/mol. The SMILES string of the molecule is Fc1cccc(CC(Cl)CCC2CCCCC2)c1F. The molecular weight excluding hydrogens is 266 g/mol. The van der Waals surface area contributed by atoms with Crippen LogP contribution >= 0.6 is 11.6 Å². The first kappa shape index (κ1) is 14.8. The summed E-state index contributed by atoms with van der Waals surface area (Å²) in [5.41, 5.74) is 0.392. The summed E-state index contributed by atoms with van der Waals surface area (Å²) in [6, 6.07) is 4.30. The van der Waals surface area contributed by atoms with E-state index in [1.165, 1.54) is 32.1 Å². The Morgan fingerprint density at radius 2 is 1.89 bits per heavy atom. The van der Waals surface area contributed by atoms with Crippen molar-refractivity contribution >= 4 is 11.6 Å². The van der Waals surface area contributed by atoms with Crippen molar-refractivity contribution < 1.29 is 8.78 Å². The Hall–Kier alpha value is -0.630. The lowest BCUT2D eigenvalue weighted by Crippen LogP contribution is -2.11. The molecule has 0 amide bonds. The summed E-state index contributed by atoms with van der Waals surface area (Å²) >= 11 is 6.27. The molecule has 1 aliphatic rings. The van der Waals surface area contributed by atoms with E-state index in [1.807, 2.05) is 0 Å². The highest BCUT2D eigenvalue weighted by Crippen LogP contribution is 2.29. The third-order valence-corrected chi connectivity index (χ3v) is 4.46. The molecule has 1 atom stereocenters. The monoisotopic (exact) mass is 286 g/mol. The fourth-order valence-electron chi connectivity index (χ4n) is 2.94. The molecule has 106 valence electrons. The molecule has 0 nitrogen and oxygen atoms in total. The highest BCUT2D eigenvalue weighted by Gasteiger charge is 2.17. The average Bonchev–Trinajstić information content (AvgIpc) is 2.43. The summed E-state index contributed by atoms with van der Waals surface area (Å²) in [4.78, 5) is 0. The zero-order valence-corrected chi connectivity index (χ0v) is 11.9. The molecule has 0 spiro atoms. The van der Waals surface area contributed by atoms with Crippen molar-refractivity contribution in [2.45, 2.75) is 56.7 Å². The van der Waals surface area contributed by atoms with Gasteiger partial charge in [-0.15, -0.1) is 11.6 Å². The zero-order chi connectivity index (χ0) is 13.7. The first-order valence-corrected chi connectivity index (χ1v) is 7.67. The van der Waals surface area contributed by atoms with E-state index in [-0.39, 0.29) is 5.38 Å². The van der Waals surface area contributed by atoms with E-state index >= 15 is 0 Å². The van der Waals surface area contributed by atoms with Gasteiger partial charge in [-0.2, -0.15) is 0 Å². The minimum absolute atomic E-state index is 0.0989. The van der Waals surface area contributed by atoms with Crippen molar-refractivity contribution in [2.24, 2.45) is 5.92 Å². The molecule has 19 heavy (non-hydrogen) atoms. The number of benzene rings is 1. The molecule has 0 radical (unpaired) electrons. The molecular formula is C16H21ClF2. The molecule has 1 fully saturated rings.